The molecule has 0 aromatic heterocycles. The van der Waals surface area contributed by atoms with E-state index in [1.54, 1.807) is 0 Å². The average molecular weight is 192 g/mol. The molecule has 2 rings (SSSR count). The van der Waals surface area contributed by atoms with Crippen LogP contribution in [0.15, 0.2) is 18.2 Å². The number of aryl methyl sites for hydroxylation is 1. The fourth-order valence-corrected chi connectivity index (χ4v) is 1.60. The summed E-state index contributed by atoms with van der Waals surface area (Å²) in [4.78, 5) is 15.7. The van der Waals surface area contributed by atoms with Crippen molar-refractivity contribution in [3.8, 4) is 0 Å². The van der Waals surface area contributed by atoms with Crippen molar-refractivity contribution < 1.29 is 9.63 Å². The smallest absolute Gasteiger partial charge is 0.224 e. The molecule has 1 heterocycles. The lowest BCUT2D eigenvalue weighted by Gasteiger charge is -2.17. The molecule has 0 fully saturated rings. The van der Waals surface area contributed by atoms with Crippen molar-refractivity contribution in [2.45, 2.75) is 19.4 Å². The van der Waals surface area contributed by atoms with Crippen molar-refractivity contribution in [3.63, 3.8) is 0 Å². The summed E-state index contributed by atoms with van der Waals surface area (Å²) in [7, 11) is 0. The number of fused-ring (bicyclic) bond motifs is 1. The maximum Gasteiger partial charge on any atom is 0.224 e. The van der Waals surface area contributed by atoms with Gasteiger partial charge in [-0.05, 0) is 23.6 Å². The molecule has 74 valence electrons. The van der Waals surface area contributed by atoms with Gasteiger partial charge in [-0.3, -0.25) is 9.63 Å². The Kier molecular flexibility index (Phi) is 2.47. The minimum absolute atomic E-state index is 0.0725. The lowest BCUT2D eigenvalue weighted by molar-refractivity contribution is -0.116. The van der Waals surface area contributed by atoms with Gasteiger partial charge in [0.2, 0.25) is 5.91 Å². The summed E-state index contributed by atoms with van der Waals surface area (Å²) in [6, 6.07) is 5.87. The number of carbonyl (C=O) groups excluding carboxylic acids is 1. The molecule has 4 nitrogen and oxygen atoms in total. The second kappa shape index (κ2) is 3.77. The highest BCUT2D eigenvalue weighted by molar-refractivity contribution is 5.93. The van der Waals surface area contributed by atoms with Gasteiger partial charge in [-0.25, -0.2) is 5.90 Å². The molecule has 1 aliphatic rings. The number of anilines is 1. The van der Waals surface area contributed by atoms with Crippen LogP contribution in [-0.2, 0) is 22.7 Å². The maximum atomic E-state index is 11.1. The normalized spacial score (nSPS) is 14.8. The van der Waals surface area contributed by atoms with Gasteiger partial charge in [0, 0.05) is 12.1 Å². The van der Waals surface area contributed by atoms with Crippen molar-refractivity contribution in [3.05, 3.63) is 29.3 Å². The van der Waals surface area contributed by atoms with Crippen LogP contribution in [0.3, 0.4) is 0 Å². The first-order valence-electron chi connectivity index (χ1n) is 4.53. The molecule has 0 aliphatic carbocycles. The monoisotopic (exact) mass is 192 g/mol. The van der Waals surface area contributed by atoms with Gasteiger partial charge in [0.15, 0.2) is 0 Å². The van der Waals surface area contributed by atoms with Crippen LogP contribution in [0.25, 0.3) is 0 Å². The molecule has 0 unspecified atom stereocenters. The van der Waals surface area contributed by atoms with Crippen molar-refractivity contribution in [2.75, 3.05) is 5.32 Å². The third-order valence-corrected chi connectivity index (χ3v) is 2.32. The van der Waals surface area contributed by atoms with Gasteiger partial charge in [0.1, 0.15) is 0 Å². The fourth-order valence-electron chi connectivity index (χ4n) is 1.60. The Morgan fingerprint density at radius 3 is 3.07 bits per heavy atom. The van der Waals surface area contributed by atoms with E-state index < -0.39 is 0 Å². The zero-order valence-corrected chi connectivity index (χ0v) is 7.75. The van der Waals surface area contributed by atoms with Crippen LogP contribution in [0.2, 0.25) is 0 Å². The molecule has 1 aromatic carbocycles. The molecule has 3 N–H and O–H groups in total. The Hall–Kier alpha value is -1.39. The predicted molar refractivity (Wildman–Crippen MR) is 52.4 cm³/mol. The molecule has 0 spiro atoms. The zero-order chi connectivity index (χ0) is 9.97. The minimum atomic E-state index is 0.0725. The molecule has 1 aliphatic heterocycles. The summed E-state index contributed by atoms with van der Waals surface area (Å²) in [5.74, 6) is 5.05. The third kappa shape index (κ3) is 1.76. The van der Waals surface area contributed by atoms with Crippen molar-refractivity contribution in [1.29, 1.82) is 0 Å². The van der Waals surface area contributed by atoms with Gasteiger partial charge < -0.3 is 5.32 Å². The maximum absolute atomic E-state index is 11.1. The van der Waals surface area contributed by atoms with Crippen molar-refractivity contribution >= 4 is 11.6 Å². The summed E-state index contributed by atoms with van der Waals surface area (Å²) in [6.45, 7) is 0.364. The number of hydrogen-bond donors (Lipinski definition) is 2. The van der Waals surface area contributed by atoms with E-state index in [0.29, 0.717) is 13.0 Å². The van der Waals surface area contributed by atoms with Crippen LogP contribution in [0, 0.1) is 0 Å². The highest BCUT2D eigenvalue weighted by atomic mass is 16.6. The minimum Gasteiger partial charge on any atom is -0.326 e. The van der Waals surface area contributed by atoms with E-state index in [1.165, 1.54) is 5.56 Å². The molecule has 1 aromatic rings. The molecule has 14 heavy (non-hydrogen) atoms. The molecule has 0 bridgehead atoms. The first-order chi connectivity index (χ1) is 6.79. The van der Waals surface area contributed by atoms with Crippen molar-refractivity contribution in [2.24, 2.45) is 5.90 Å². The predicted octanol–water partition coefficient (Wildman–Crippen LogP) is 0.962. The first kappa shape index (κ1) is 9.18. The molecule has 4 heteroatoms. The van der Waals surface area contributed by atoms with Crippen LogP contribution in [-0.4, -0.2) is 5.91 Å². The highest BCUT2D eigenvalue weighted by Crippen LogP contribution is 2.23. The van der Waals surface area contributed by atoms with E-state index in [1.807, 2.05) is 18.2 Å². The second-order valence-corrected chi connectivity index (χ2v) is 3.35. The number of benzene rings is 1. The highest BCUT2D eigenvalue weighted by Gasteiger charge is 2.14. The summed E-state index contributed by atoms with van der Waals surface area (Å²) in [5, 5.41) is 2.82. The Bertz CT molecular complexity index is 363. The van der Waals surface area contributed by atoms with E-state index in [4.69, 9.17) is 5.90 Å². The Balaban J connectivity index is 2.28. The quantitative estimate of drug-likeness (QED) is 0.686. The van der Waals surface area contributed by atoms with Gasteiger partial charge >= 0.3 is 0 Å². The standard InChI is InChI=1S/C10H12N2O2/c11-14-6-7-1-2-8-3-4-10(13)12-9(8)5-7/h1-2,5H,3-4,6,11H2,(H,12,13). The topological polar surface area (TPSA) is 64.3 Å². The SMILES string of the molecule is NOCc1ccc2c(c1)NC(=O)CC2. The van der Waals surface area contributed by atoms with Gasteiger partial charge in [-0.1, -0.05) is 12.1 Å². The van der Waals surface area contributed by atoms with Crippen LogP contribution in [0.1, 0.15) is 17.5 Å². The van der Waals surface area contributed by atoms with Crippen LogP contribution >= 0.6 is 0 Å². The van der Waals surface area contributed by atoms with E-state index >= 15 is 0 Å². The zero-order valence-electron chi connectivity index (χ0n) is 7.75. The number of carbonyl (C=O) groups is 1. The van der Waals surface area contributed by atoms with Gasteiger partial charge in [0.05, 0.1) is 6.61 Å². The lowest BCUT2D eigenvalue weighted by atomic mass is 10.0. The van der Waals surface area contributed by atoms with E-state index in [-0.39, 0.29) is 5.91 Å². The molecule has 0 saturated heterocycles. The van der Waals surface area contributed by atoms with E-state index in [0.717, 1.165) is 17.7 Å². The lowest BCUT2D eigenvalue weighted by Crippen LogP contribution is -2.19. The van der Waals surface area contributed by atoms with Crippen LogP contribution in [0.4, 0.5) is 5.69 Å². The summed E-state index contributed by atoms with van der Waals surface area (Å²) >= 11 is 0. The second-order valence-electron chi connectivity index (χ2n) is 3.35. The molecule has 0 atom stereocenters. The van der Waals surface area contributed by atoms with Crippen LogP contribution in [0.5, 0.6) is 0 Å². The average Bonchev–Trinajstić information content (AvgIpc) is 2.17. The number of nitrogens with one attached hydrogen (secondary N) is 1. The molecule has 0 radical (unpaired) electrons. The number of nitrogens with two attached hydrogens (primary N) is 1. The van der Waals surface area contributed by atoms with Crippen LogP contribution < -0.4 is 11.2 Å². The summed E-state index contributed by atoms with van der Waals surface area (Å²) in [6.07, 6.45) is 1.38. The van der Waals surface area contributed by atoms with Gasteiger partial charge in [0.25, 0.3) is 0 Å². The van der Waals surface area contributed by atoms with Gasteiger partial charge in [-0.2, -0.15) is 0 Å². The van der Waals surface area contributed by atoms with Crippen molar-refractivity contribution in [1.82, 2.24) is 0 Å². The first-order valence-corrected chi connectivity index (χ1v) is 4.53. The molecular formula is C10H12N2O2. The Morgan fingerprint density at radius 2 is 2.29 bits per heavy atom. The number of rotatable bonds is 2. The van der Waals surface area contributed by atoms with Gasteiger partial charge in [-0.15, -0.1) is 0 Å². The Morgan fingerprint density at radius 1 is 1.43 bits per heavy atom. The molecule has 1 amide bonds. The van der Waals surface area contributed by atoms with E-state index in [9.17, 15) is 4.79 Å². The third-order valence-electron chi connectivity index (χ3n) is 2.32. The number of amides is 1. The largest absolute Gasteiger partial charge is 0.326 e. The molecular weight excluding hydrogens is 180 g/mol. The fraction of sp³-hybridized carbons (Fsp3) is 0.300. The summed E-state index contributed by atoms with van der Waals surface area (Å²) < 4.78 is 0. The molecule has 0 saturated carbocycles. The number of hydrogen-bond acceptors (Lipinski definition) is 3. The van der Waals surface area contributed by atoms with E-state index in [2.05, 4.69) is 10.2 Å². The summed E-state index contributed by atoms with van der Waals surface area (Å²) in [5.41, 5.74) is 3.02. The Labute approximate surface area is 82.0 Å².